The number of amides is 1. The molecule has 2 aromatic carbocycles. The van der Waals surface area contributed by atoms with Crippen molar-refractivity contribution in [1.29, 1.82) is 0 Å². The third-order valence-corrected chi connectivity index (χ3v) is 7.64. The number of carbonyl (C=O) groups is 2. The molecule has 0 radical (unpaired) electrons. The molecule has 1 amide bonds. The van der Waals surface area contributed by atoms with E-state index in [2.05, 4.69) is 10.6 Å². The molecule has 0 saturated heterocycles. The first kappa shape index (κ1) is 31.3. The molecule has 42 heavy (non-hydrogen) atoms. The predicted molar refractivity (Wildman–Crippen MR) is 165 cm³/mol. The summed E-state index contributed by atoms with van der Waals surface area (Å²) < 4.78 is 7.97. The van der Waals surface area contributed by atoms with E-state index in [0.717, 1.165) is 16.7 Å². The molecule has 1 aliphatic rings. The molecule has 1 aliphatic carbocycles. The number of nitrogens with zero attached hydrogens (tertiary/aromatic N) is 2. The Labute approximate surface area is 253 Å². The van der Waals surface area contributed by atoms with Crippen LogP contribution in [0.2, 0.25) is 0 Å². The van der Waals surface area contributed by atoms with Gasteiger partial charge in [-0.1, -0.05) is 42.8 Å². The van der Waals surface area contributed by atoms with E-state index in [1.165, 1.54) is 4.57 Å². The maximum atomic E-state index is 13.5. The van der Waals surface area contributed by atoms with E-state index < -0.39 is 40.6 Å². The van der Waals surface area contributed by atoms with Crippen LogP contribution in [0.15, 0.2) is 74.8 Å². The maximum absolute atomic E-state index is 13.5. The van der Waals surface area contributed by atoms with E-state index in [1.807, 2.05) is 13.0 Å². The summed E-state index contributed by atoms with van der Waals surface area (Å²) in [6, 6.07) is 11.1. The summed E-state index contributed by atoms with van der Waals surface area (Å²) >= 11 is 12.6. The zero-order chi connectivity index (χ0) is 30.6. The molecule has 0 saturated carbocycles. The summed E-state index contributed by atoms with van der Waals surface area (Å²) in [7, 11) is 1.63. The monoisotopic (exact) mass is 612 g/mol. The Kier molecular flexibility index (Phi) is 10.1. The Morgan fingerprint density at radius 3 is 2.43 bits per heavy atom. The van der Waals surface area contributed by atoms with Gasteiger partial charge in [-0.3, -0.25) is 14.2 Å². The van der Waals surface area contributed by atoms with Crippen molar-refractivity contribution < 1.29 is 14.3 Å². The summed E-state index contributed by atoms with van der Waals surface area (Å²) in [5.74, 6) is -1.16. The number of hydrogen-bond donors (Lipinski definition) is 2. The van der Waals surface area contributed by atoms with Crippen molar-refractivity contribution in [2.24, 2.45) is 7.05 Å². The average Bonchev–Trinajstić information content (AvgIpc) is 2.95. The zero-order valence-electron chi connectivity index (χ0n) is 23.9. The lowest BCUT2D eigenvalue weighted by Gasteiger charge is -2.22. The molecule has 0 bridgehead atoms. The lowest BCUT2D eigenvalue weighted by atomic mass is 10.0. The minimum Gasteiger partial charge on any atom is -0.461 e. The number of aromatic nitrogens is 2. The number of ether oxygens (including phenoxy) is 1. The molecule has 2 N–H and O–H groups in total. The van der Waals surface area contributed by atoms with Crippen LogP contribution >= 0.6 is 23.2 Å². The van der Waals surface area contributed by atoms with Gasteiger partial charge >= 0.3 is 11.7 Å². The smallest absolute Gasteiger partial charge is 0.335 e. The van der Waals surface area contributed by atoms with Crippen LogP contribution in [0.5, 0.6) is 0 Å². The second-order valence-electron chi connectivity index (χ2n) is 10.4. The van der Waals surface area contributed by atoms with E-state index in [1.54, 1.807) is 69.4 Å². The number of rotatable bonds is 10. The van der Waals surface area contributed by atoms with Crippen LogP contribution in [-0.2, 0) is 34.3 Å². The van der Waals surface area contributed by atoms with Gasteiger partial charge in [0, 0.05) is 20.0 Å². The molecule has 0 spiro atoms. The first-order chi connectivity index (χ1) is 20.0. The summed E-state index contributed by atoms with van der Waals surface area (Å²) in [5.41, 5.74) is 1.82. The quantitative estimate of drug-likeness (QED) is 0.266. The molecule has 9 nitrogen and oxygen atoms in total. The predicted octanol–water partition coefficient (Wildman–Crippen LogP) is 3.84. The van der Waals surface area contributed by atoms with Gasteiger partial charge in [0.25, 0.3) is 11.5 Å². The molecule has 0 fully saturated rings. The van der Waals surface area contributed by atoms with E-state index in [9.17, 15) is 19.2 Å². The van der Waals surface area contributed by atoms with Gasteiger partial charge < -0.3 is 15.4 Å². The van der Waals surface area contributed by atoms with Crippen LogP contribution in [0.1, 0.15) is 38.3 Å². The molecule has 11 heteroatoms. The second-order valence-corrected chi connectivity index (χ2v) is 11.3. The molecular weight excluding hydrogens is 579 g/mol. The van der Waals surface area contributed by atoms with Gasteiger partial charge in [0.2, 0.25) is 0 Å². The van der Waals surface area contributed by atoms with Gasteiger partial charge in [0.05, 0.1) is 38.7 Å². The van der Waals surface area contributed by atoms with E-state index in [-0.39, 0.29) is 17.0 Å². The molecule has 3 aromatic rings. The fourth-order valence-electron chi connectivity index (χ4n) is 4.77. The minimum atomic E-state index is -1.02. The number of carbonyl (C=O) groups excluding carboxylic acids is 2. The molecule has 2 atom stereocenters. The fourth-order valence-corrected chi connectivity index (χ4v) is 5.46. The Morgan fingerprint density at radius 1 is 1.10 bits per heavy atom. The first-order valence-electron chi connectivity index (χ1n) is 13.8. The first-order valence-corrected chi connectivity index (χ1v) is 14.6. The second kappa shape index (κ2) is 13.5. The zero-order valence-corrected chi connectivity index (χ0v) is 25.5. The van der Waals surface area contributed by atoms with Crippen LogP contribution < -0.4 is 21.9 Å². The molecule has 1 heterocycles. The standard InChI is InChI=1S/C31H34Cl2N4O5/c1-5-34-17-20-11-14-26-22(15-20)29(39)37(31(41)36(26)4)21-12-9-19(10-13-21)16-25(30(40)42-18(2)3)35-28(38)27-23(32)7-6-8-24(27)33/h6-7,9-15,18,24-25,34H,5,8,16-17H2,1-4H3,(H,35,38)/t24?,25-/m0/s1. The van der Waals surface area contributed by atoms with Crippen molar-refractivity contribution >= 4 is 46.0 Å². The Bertz CT molecular complexity index is 1670. The van der Waals surface area contributed by atoms with Crippen molar-refractivity contribution in [2.45, 2.75) is 57.7 Å². The largest absolute Gasteiger partial charge is 0.461 e. The molecule has 1 unspecified atom stereocenters. The van der Waals surface area contributed by atoms with Gasteiger partial charge in [-0.15, -0.1) is 11.6 Å². The number of esters is 1. The Hall–Kier alpha value is -3.66. The lowest BCUT2D eigenvalue weighted by molar-refractivity contribution is -0.151. The molecule has 0 aliphatic heterocycles. The van der Waals surface area contributed by atoms with Crippen LogP contribution in [0.4, 0.5) is 0 Å². The SMILES string of the molecule is CCNCc1ccc2c(c1)c(=O)n(-c1ccc(C[C@H](NC(=O)C3=C(Cl)C=CCC3Cl)C(=O)OC(C)C)cc1)c(=O)n2C. The van der Waals surface area contributed by atoms with Gasteiger partial charge in [0.1, 0.15) is 6.04 Å². The number of alkyl halides is 1. The van der Waals surface area contributed by atoms with Crippen molar-refractivity contribution in [3.05, 3.63) is 97.2 Å². The molecule has 4 rings (SSSR count). The van der Waals surface area contributed by atoms with Crippen molar-refractivity contribution in [3.63, 3.8) is 0 Å². The minimum absolute atomic E-state index is 0.101. The van der Waals surface area contributed by atoms with E-state index in [4.69, 9.17) is 27.9 Å². The Balaban J connectivity index is 1.64. The summed E-state index contributed by atoms with van der Waals surface area (Å²) in [5, 5.41) is 5.99. The summed E-state index contributed by atoms with van der Waals surface area (Å²) in [6.07, 6.45) is 3.53. The highest BCUT2D eigenvalue weighted by Crippen LogP contribution is 2.27. The highest BCUT2D eigenvalue weighted by molar-refractivity contribution is 6.36. The third kappa shape index (κ3) is 6.86. The highest BCUT2D eigenvalue weighted by Gasteiger charge is 2.29. The van der Waals surface area contributed by atoms with Crippen LogP contribution in [0, 0.1) is 0 Å². The van der Waals surface area contributed by atoms with E-state index in [0.29, 0.717) is 35.1 Å². The number of benzene rings is 2. The topological polar surface area (TPSA) is 111 Å². The van der Waals surface area contributed by atoms with Crippen molar-refractivity contribution in [2.75, 3.05) is 6.54 Å². The van der Waals surface area contributed by atoms with Crippen LogP contribution in [0.3, 0.4) is 0 Å². The van der Waals surface area contributed by atoms with Crippen LogP contribution in [-0.4, -0.2) is 45.1 Å². The third-order valence-electron chi connectivity index (χ3n) is 6.91. The maximum Gasteiger partial charge on any atom is 0.335 e. The van der Waals surface area contributed by atoms with Crippen LogP contribution in [0.25, 0.3) is 16.6 Å². The van der Waals surface area contributed by atoms with Gasteiger partial charge in [0.15, 0.2) is 0 Å². The van der Waals surface area contributed by atoms with E-state index >= 15 is 0 Å². The summed E-state index contributed by atoms with van der Waals surface area (Å²) in [6.45, 7) is 6.83. The van der Waals surface area contributed by atoms with Crippen molar-refractivity contribution in [3.8, 4) is 5.69 Å². The number of aryl methyl sites for hydroxylation is 1. The number of hydrogen-bond acceptors (Lipinski definition) is 6. The highest BCUT2D eigenvalue weighted by atomic mass is 35.5. The number of nitrogens with one attached hydrogen (secondary N) is 2. The summed E-state index contributed by atoms with van der Waals surface area (Å²) in [4.78, 5) is 52.7. The fraction of sp³-hybridized carbons (Fsp3) is 0.355. The van der Waals surface area contributed by atoms with Gasteiger partial charge in [-0.05, 0) is 68.3 Å². The normalized spacial score (nSPS) is 15.7. The number of halogens is 2. The molecule has 222 valence electrons. The lowest BCUT2D eigenvalue weighted by Crippen LogP contribution is -2.45. The Morgan fingerprint density at radius 2 is 1.79 bits per heavy atom. The van der Waals surface area contributed by atoms with Crippen molar-refractivity contribution in [1.82, 2.24) is 19.8 Å². The molecular formula is C31H34Cl2N4O5. The number of fused-ring (bicyclic) bond motifs is 1. The number of allylic oxidation sites excluding steroid dienone is 3. The average molecular weight is 614 g/mol. The van der Waals surface area contributed by atoms with Gasteiger partial charge in [-0.2, -0.15) is 0 Å². The molecule has 1 aromatic heterocycles. The van der Waals surface area contributed by atoms with Gasteiger partial charge in [-0.25, -0.2) is 14.2 Å².